The largest absolute Gasteiger partial charge is 0.381 e. The lowest BCUT2D eigenvalue weighted by Crippen LogP contribution is -2.05. The average Bonchev–Trinajstić information content (AvgIpc) is 2.62. The van der Waals surface area contributed by atoms with Crippen molar-refractivity contribution in [3.63, 3.8) is 0 Å². The molecule has 0 saturated carbocycles. The lowest BCUT2D eigenvalue weighted by Gasteiger charge is -2.13. The second-order valence-electron chi connectivity index (χ2n) is 5.80. The quantitative estimate of drug-likeness (QED) is 0.436. The van der Waals surface area contributed by atoms with E-state index in [1.165, 1.54) is 12.1 Å². The van der Waals surface area contributed by atoms with Crippen LogP contribution >= 0.6 is 34.8 Å². The van der Waals surface area contributed by atoms with Crippen LogP contribution in [0, 0.1) is 11.6 Å². The number of halogens is 5. The molecule has 3 rings (SSSR count). The van der Waals surface area contributed by atoms with Crippen LogP contribution in [0.2, 0.25) is 15.1 Å². The summed E-state index contributed by atoms with van der Waals surface area (Å²) in [4.78, 5) is 0. The summed E-state index contributed by atoms with van der Waals surface area (Å²) in [5, 5.41) is 7.29. The fraction of sp³-hybridized carbons (Fsp3) is 0.100. The number of hydrogen-bond acceptors (Lipinski definition) is 2. The zero-order valence-electron chi connectivity index (χ0n) is 14.0. The molecule has 140 valence electrons. The van der Waals surface area contributed by atoms with E-state index in [9.17, 15) is 8.78 Å². The van der Waals surface area contributed by atoms with Crippen LogP contribution in [0.4, 0.5) is 20.2 Å². The first kappa shape index (κ1) is 19.7. The molecule has 0 radical (unpaired) electrons. The Balaban J connectivity index is 1.67. The van der Waals surface area contributed by atoms with Crippen molar-refractivity contribution in [2.75, 3.05) is 10.6 Å². The topological polar surface area (TPSA) is 24.1 Å². The molecule has 0 aliphatic carbocycles. The molecule has 0 atom stereocenters. The molecule has 2 nitrogen and oxygen atoms in total. The minimum Gasteiger partial charge on any atom is -0.381 e. The van der Waals surface area contributed by atoms with Gasteiger partial charge >= 0.3 is 0 Å². The fourth-order valence-corrected chi connectivity index (χ4v) is 3.25. The molecule has 0 aliphatic heterocycles. The van der Waals surface area contributed by atoms with Crippen molar-refractivity contribution in [2.24, 2.45) is 0 Å². The van der Waals surface area contributed by atoms with Gasteiger partial charge in [-0.1, -0.05) is 46.9 Å². The molecular formula is C20H15Cl3F2N2. The van der Waals surface area contributed by atoms with E-state index in [0.717, 1.165) is 0 Å². The zero-order valence-corrected chi connectivity index (χ0v) is 16.3. The highest BCUT2D eigenvalue weighted by Crippen LogP contribution is 2.28. The number of benzene rings is 3. The summed E-state index contributed by atoms with van der Waals surface area (Å²) in [6.07, 6.45) is 0. The third-order valence-electron chi connectivity index (χ3n) is 4.02. The van der Waals surface area contributed by atoms with E-state index in [4.69, 9.17) is 34.8 Å². The van der Waals surface area contributed by atoms with Crippen LogP contribution in [-0.4, -0.2) is 0 Å². The molecule has 3 aromatic carbocycles. The van der Waals surface area contributed by atoms with Crippen molar-refractivity contribution in [1.82, 2.24) is 0 Å². The van der Waals surface area contributed by atoms with Crippen LogP contribution in [0.1, 0.15) is 11.1 Å². The van der Waals surface area contributed by atoms with Crippen molar-refractivity contribution in [2.45, 2.75) is 13.1 Å². The van der Waals surface area contributed by atoms with Gasteiger partial charge in [-0.2, -0.15) is 0 Å². The third-order valence-corrected chi connectivity index (χ3v) is 5.04. The van der Waals surface area contributed by atoms with Crippen LogP contribution in [0.25, 0.3) is 0 Å². The van der Waals surface area contributed by atoms with Crippen molar-refractivity contribution in [3.8, 4) is 0 Å². The van der Waals surface area contributed by atoms with Gasteiger partial charge in [-0.05, 0) is 42.5 Å². The van der Waals surface area contributed by atoms with Crippen molar-refractivity contribution in [3.05, 3.63) is 92.4 Å². The van der Waals surface area contributed by atoms with E-state index in [0.29, 0.717) is 37.6 Å². The smallest absolute Gasteiger partial charge is 0.129 e. The molecule has 27 heavy (non-hydrogen) atoms. The van der Waals surface area contributed by atoms with Gasteiger partial charge in [0, 0.05) is 39.9 Å². The normalized spacial score (nSPS) is 10.7. The van der Waals surface area contributed by atoms with Crippen LogP contribution < -0.4 is 10.6 Å². The van der Waals surface area contributed by atoms with Gasteiger partial charge in [0.2, 0.25) is 0 Å². The summed E-state index contributed by atoms with van der Waals surface area (Å²) >= 11 is 18.3. The lowest BCUT2D eigenvalue weighted by atomic mass is 10.2. The molecule has 0 saturated heterocycles. The monoisotopic (exact) mass is 426 g/mol. The van der Waals surface area contributed by atoms with E-state index in [1.54, 1.807) is 42.5 Å². The van der Waals surface area contributed by atoms with Gasteiger partial charge in [0.15, 0.2) is 0 Å². The van der Waals surface area contributed by atoms with E-state index < -0.39 is 0 Å². The molecule has 0 spiro atoms. The summed E-state index contributed by atoms with van der Waals surface area (Å²) in [6, 6.07) is 14.3. The maximum Gasteiger partial charge on any atom is 0.129 e. The first-order valence-corrected chi connectivity index (χ1v) is 9.22. The van der Waals surface area contributed by atoms with E-state index in [1.807, 2.05) is 0 Å². The standard InChI is InChI=1S/C20H15Cl3F2N2/c21-15-3-1-5-18(24)13(15)10-26-12-7-8-20(17(23)9-12)27-11-14-16(22)4-2-6-19(14)25/h1-9,26-27H,10-11H2. The van der Waals surface area contributed by atoms with E-state index >= 15 is 0 Å². The third kappa shape index (κ3) is 4.83. The maximum atomic E-state index is 13.8. The predicted molar refractivity (Wildman–Crippen MR) is 109 cm³/mol. The maximum absolute atomic E-state index is 13.8. The van der Waals surface area contributed by atoms with Gasteiger partial charge in [-0.15, -0.1) is 0 Å². The number of nitrogens with one attached hydrogen (secondary N) is 2. The number of hydrogen-bond donors (Lipinski definition) is 2. The molecule has 7 heteroatoms. The second kappa shape index (κ2) is 8.79. The molecule has 0 fully saturated rings. The Morgan fingerprint density at radius 2 is 1.22 bits per heavy atom. The van der Waals surface area contributed by atoms with Gasteiger partial charge in [0.25, 0.3) is 0 Å². The van der Waals surface area contributed by atoms with E-state index in [2.05, 4.69) is 10.6 Å². The lowest BCUT2D eigenvalue weighted by molar-refractivity contribution is 0.612. The second-order valence-corrected chi connectivity index (χ2v) is 7.02. The Morgan fingerprint density at radius 1 is 0.667 bits per heavy atom. The molecule has 0 unspecified atom stereocenters. The molecule has 0 aliphatic rings. The highest BCUT2D eigenvalue weighted by atomic mass is 35.5. The van der Waals surface area contributed by atoms with Crippen LogP contribution in [0.15, 0.2) is 54.6 Å². The zero-order chi connectivity index (χ0) is 19.4. The Morgan fingerprint density at radius 3 is 1.74 bits per heavy atom. The Labute approximate surface area is 171 Å². The predicted octanol–water partition coefficient (Wildman–Crippen LogP) is 7.15. The molecule has 3 aromatic rings. The average molecular weight is 428 g/mol. The Hall–Kier alpha value is -2.01. The molecule has 0 bridgehead atoms. The van der Waals surface area contributed by atoms with Gasteiger partial charge in [0.05, 0.1) is 10.7 Å². The van der Waals surface area contributed by atoms with Crippen molar-refractivity contribution >= 4 is 46.2 Å². The SMILES string of the molecule is Fc1cccc(Cl)c1CNc1ccc(NCc2c(F)cccc2Cl)c(Cl)c1. The highest BCUT2D eigenvalue weighted by molar-refractivity contribution is 6.33. The molecule has 0 amide bonds. The van der Waals surface area contributed by atoms with Gasteiger partial charge in [-0.3, -0.25) is 0 Å². The Bertz CT molecular complexity index is 923. The van der Waals surface area contributed by atoms with Crippen molar-refractivity contribution < 1.29 is 8.78 Å². The summed E-state index contributed by atoms with van der Waals surface area (Å²) in [7, 11) is 0. The van der Waals surface area contributed by atoms with Gasteiger partial charge in [0.1, 0.15) is 11.6 Å². The highest BCUT2D eigenvalue weighted by Gasteiger charge is 2.09. The molecular weight excluding hydrogens is 413 g/mol. The van der Waals surface area contributed by atoms with Gasteiger partial charge in [-0.25, -0.2) is 8.78 Å². The Kier molecular flexibility index (Phi) is 6.42. The van der Waals surface area contributed by atoms with Crippen LogP contribution in [-0.2, 0) is 13.1 Å². The first-order valence-electron chi connectivity index (χ1n) is 8.09. The van der Waals surface area contributed by atoms with Crippen LogP contribution in [0.3, 0.4) is 0 Å². The summed E-state index contributed by atoms with van der Waals surface area (Å²) < 4.78 is 27.7. The van der Waals surface area contributed by atoms with Gasteiger partial charge < -0.3 is 10.6 Å². The fourth-order valence-electron chi connectivity index (χ4n) is 2.54. The van der Waals surface area contributed by atoms with Crippen LogP contribution in [0.5, 0.6) is 0 Å². The summed E-state index contributed by atoms with van der Waals surface area (Å²) in [6.45, 7) is 0.419. The molecule has 2 N–H and O–H groups in total. The molecule has 0 aromatic heterocycles. The summed E-state index contributed by atoms with van der Waals surface area (Å²) in [5.74, 6) is -0.757. The molecule has 0 heterocycles. The first-order chi connectivity index (χ1) is 13.0. The van der Waals surface area contributed by atoms with E-state index in [-0.39, 0.29) is 24.7 Å². The minimum absolute atomic E-state index is 0.197. The number of rotatable bonds is 6. The summed E-state index contributed by atoms with van der Waals surface area (Å²) in [5.41, 5.74) is 2.08. The number of anilines is 2. The van der Waals surface area contributed by atoms with Crippen molar-refractivity contribution in [1.29, 1.82) is 0 Å². The minimum atomic E-state index is -0.383.